The van der Waals surface area contributed by atoms with Crippen molar-refractivity contribution in [2.75, 3.05) is 7.11 Å². The minimum Gasteiger partial charge on any atom is -0.463 e. The van der Waals surface area contributed by atoms with E-state index in [1.165, 1.54) is 7.11 Å². The van der Waals surface area contributed by atoms with Crippen molar-refractivity contribution in [1.82, 2.24) is 0 Å². The molecule has 18 heavy (non-hydrogen) atoms. The van der Waals surface area contributed by atoms with E-state index in [0.717, 1.165) is 5.56 Å². The SMILES string of the molecule is COC(=O)C1=C[C@H](c2ccccc2)[C@@H](C)C(O)O1. The second-order valence-corrected chi connectivity index (χ2v) is 4.33. The number of methoxy groups -OCH3 is 1. The molecule has 0 bridgehead atoms. The minimum absolute atomic E-state index is 0.0657. The maximum Gasteiger partial charge on any atom is 0.373 e. The quantitative estimate of drug-likeness (QED) is 0.811. The van der Waals surface area contributed by atoms with Gasteiger partial charge in [0.2, 0.25) is 12.0 Å². The van der Waals surface area contributed by atoms with Gasteiger partial charge in [-0.25, -0.2) is 4.79 Å². The van der Waals surface area contributed by atoms with Crippen LogP contribution in [0, 0.1) is 5.92 Å². The highest BCUT2D eigenvalue weighted by Crippen LogP contribution is 2.34. The summed E-state index contributed by atoms with van der Waals surface area (Å²) in [5.41, 5.74) is 1.04. The highest BCUT2D eigenvalue weighted by molar-refractivity contribution is 5.86. The van der Waals surface area contributed by atoms with E-state index in [2.05, 4.69) is 4.74 Å². The average Bonchev–Trinajstić information content (AvgIpc) is 2.41. The summed E-state index contributed by atoms with van der Waals surface area (Å²) in [6, 6.07) is 9.70. The van der Waals surface area contributed by atoms with Crippen molar-refractivity contribution in [3.8, 4) is 0 Å². The number of benzene rings is 1. The predicted octanol–water partition coefficient (Wildman–Crippen LogP) is 1.81. The Kier molecular flexibility index (Phi) is 3.67. The van der Waals surface area contributed by atoms with Gasteiger partial charge in [-0.2, -0.15) is 0 Å². The molecule has 1 aromatic carbocycles. The van der Waals surface area contributed by atoms with Crippen LogP contribution in [0.4, 0.5) is 0 Å². The summed E-state index contributed by atoms with van der Waals surface area (Å²) in [5.74, 6) is -0.691. The highest BCUT2D eigenvalue weighted by Gasteiger charge is 2.33. The number of hydrogen-bond acceptors (Lipinski definition) is 4. The molecule has 1 N–H and O–H groups in total. The van der Waals surface area contributed by atoms with Crippen LogP contribution in [0.5, 0.6) is 0 Å². The van der Waals surface area contributed by atoms with Gasteiger partial charge in [0.05, 0.1) is 7.11 Å². The third-order valence-electron chi connectivity index (χ3n) is 3.17. The third kappa shape index (κ3) is 2.38. The molecule has 96 valence electrons. The van der Waals surface area contributed by atoms with Crippen LogP contribution in [0.25, 0.3) is 0 Å². The zero-order valence-corrected chi connectivity index (χ0v) is 10.4. The van der Waals surface area contributed by atoms with Crippen LogP contribution in [-0.2, 0) is 14.3 Å². The summed E-state index contributed by atoms with van der Waals surface area (Å²) in [4.78, 5) is 11.5. The Bertz CT molecular complexity index is 452. The van der Waals surface area contributed by atoms with Gasteiger partial charge in [0.15, 0.2) is 0 Å². The first-order valence-corrected chi connectivity index (χ1v) is 5.83. The van der Waals surface area contributed by atoms with E-state index in [0.29, 0.717) is 0 Å². The van der Waals surface area contributed by atoms with Gasteiger partial charge in [-0.1, -0.05) is 37.3 Å². The zero-order valence-electron chi connectivity index (χ0n) is 10.4. The number of ether oxygens (including phenoxy) is 2. The molecule has 0 aromatic heterocycles. The molecule has 0 radical (unpaired) electrons. The van der Waals surface area contributed by atoms with E-state index in [-0.39, 0.29) is 17.6 Å². The van der Waals surface area contributed by atoms with Crippen molar-refractivity contribution in [3.63, 3.8) is 0 Å². The lowest BCUT2D eigenvalue weighted by molar-refractivity contribution is -0.155. The van der Waals surface area contributed by atoms with Gasteiger partial charge in [-0.3, -0.25) is 0 Å². The monoisotopic (exact) mass is 248 g/mol. The highest BCUT2D eigenvalue weighted by atomic mass is 16.6. The molecule has 2 rings (SSSR count). The van der Waals surface area contributed by atoms with Crippen LogP contribution in [0.15, 0.2) is 42.2 Å². The van der Waals surface area contributed by atoms with Crippen molar-refractivity contribution in [3.05, 3.63) is 47.7 Å². The standard InChI is InChI=1S/C14H16O4/c1-9-11(10-6-4-3-5-7-10)8-12(14(16)17-2)18-13(9)15/h3-9,11,13,15H,1-2H3/t9-,11+,13?/m1/s1. The topological polar surface area (TPSA) is 55.8 Å². The summed E-state index contributed by atoms with van der Waals surface area (Å²) in [6.45, 7) is 1.88. The number of rotatable bonds is 2. The molecule has 0 saturated heterocycles. The van der Waals surface area contributed by atoms with Crippen molar-refractivity contribution in [2.45, 2.75) is 19.1 Å². The van der Waals surface area contributed by atoms with Crippen LogP contribution in [0.1, 0.15) is 18.4 Å². The van der Waals surface area contributed by atoms with Gasteiger partial charge in [0.1, 0.15) is 0 Å². The molecule has 0 spiro atoms. The normalized spacial score (nSPS) is 27.1. The number of carbonyl (C=O) groups is 1. The fourth-order valence-corrected chi connectivity index (χ4v) is 2.06. The number of esters is 1. The lowest BCUT2D eigenvalue weighted by atomic mass is 9.85. The van der Waals surface area contributed by atoms with E-state index in [1.807, 2.05) is 37.3 Å². The second-order valence-electron chi connectivity index (χ2n) is 4.33. The van der Waals surface area contributed by atoms with Crippen molar-refractivity contribution < 1.29 is 19.4 Å². The Hall–Kier alpha value is -1.81. The van der Waals surface area contributed by atoms with E-state index >= 15 is 0 Å². The molecule has 3 atom stereocenters. The van der Waals surface area contributed by atoms with Crippen LogP contribution in [0.2, 0.25) is 0 Å². The molecule has 0 amide bonds. The Labute approximate surface area is 106 Å². The molecular weight excluding hydrogens is 232 g/mol. The number of aliphatic hydroxyl groups is 1. The average molecular weight is 248 g/mol. The lowest BCUT2D eigenvalue weighted by Crippen LogP contribution is -2.32. The van der Waals surface area contributed by atoms with Gasteiger partial charge >= 0.3 is 5.97 Å². The Morgan fingerprint density at radius 1 is 1.33 bits per heavy atom. The van der Waals surface area contributed by atoms with Crippen molar-refractivity contribution >= 4 is 5.97 Å². The number of hydrogen-bond donors (Lipinski definition) is 1. The predicted molar refractivity (Wildman–Crippen MR) is 65.5 cm³/mol. The number of allylic oxidation sites excluding steroid dienone is 1. The first-order chi connectivity index (χ1) is 8.63. The van der Waals surface area contributed by atoms with Crippen LogP contribution >= 0.6 is 0 Å². The smallest absolute Gasteiger partial charge is 0.373 e. The fourth-order valence-electron chi connectivity index (χ4n) is 2.06. The molecule has 1 unspecified atom stereocenters. The molecule has 1 heterocycles. The zero-order chi connectivity index (χ0) is 13.1. The van der Waals surface area contributed by atoms with Crippen LogP contribution in [-0.4, -0.2) is 24.5 Å². The first-order valence-electron chi connectivity index (χ1n) is 5.83. The van der Waals surface area contributed by atoms with Crippen LogP contribution in [0.3, 0.4) is 0 Å². The fraction of sp³-hybridized carbons (Fsp3) is 0.357. The van der Waals surface area contributed by atoms with Gasteiger partial charge in [-0.05, 0) is 11.6 Å². The van der Waals surface area contributed by atoms with E-state index < -0.39 is 12.3 Å². The summed E-state index contributed by atoms with van der Waals surface area (Å²) in [5, 5.41) is 9.85. The first kappa shape index (κ1) is 12.6. The second kappa shape index (κ2) is 5.23. The molecule has 0 aliphatic carbocycles. The van der Waals surface area contributed by atoms with Crippen LogP contribution < -0.4 is 0 Å². The van der Waals surface area contributed by atoms with E-state index in [9.17, 15) is 9.90 Å². The molecule has 1 aliphatic rings. The molecular formula is C14H16O4. The molecule has 1 aliphatic heterocycles. The van der Waals surface area contributed by atoms with E-state index in [4.69, 9.17) is 4.74 Å². The van der Waals surface area contributed by atoms with Gasteiger partial charge < -0.3 is 14.6 Å². The van der Waals surface area contributed by atoms with Gasteiger partial charge in [0.25, 0.3) is 0 Å². The Morgan fingerprint density at radius 3 is 2.61 bits per heavy atom. The summed E-state index contributed by atoms with van der Waals surface area (Å²) < 4.78 is 9.76. The summed E-state index contributed by atoms with van der Waals surface area (Å²) in [7, 11) is 1.29. The third-order valence-corrected chi connectivity index (χ3v) is 3.17. The number of carbonyl (C=O) groups excluding carboxylic acids is 1. The molecule has 0 fully saturated rings. The Balaban J connectivity index is 2.35. The summed E-state index contributed by atoms with van der Waals surface area (Å²) >= 11 is 0. The summed E-state index contributed by atoms with van der Waals surface area (Å²) in [6.07, 6.45) is 0.702. The molecule has 0 saturated carbocycles. The van der Waals surface area contributed by atoms with Gasteiger partial charge in [-0.15, -0.1) is 0 Å². The molecule has 1 aromatic rings. The lowest BCUT2D eigenvalue weighted by Gasteiger charge is -2.31. The van der Waals surface area contributed by atoms with E-state index in [1.54, 1.807) is 6.08 Å². The number of aliphatic hydroxyl groups excluding tert-OH is 1. The van der Waals surface area contributed by atoms with Crippen molar-refractivity contribution in [1.29, 1.82) is 0 Å². The molecule has 4 heteroatoms. The molecule has 4 nitrogen and oxygen atoms in total. The maximum absolute atomic E-state index is 11.5. The van der Waals surface area contributed by atoms with Crippen molar-refractivity contribution in [2.24, 2.45) is 5.92 Å². The largest absolute Gasteiger partial charge is 0.463 e. The maximum atomic E-state index is 11.5. The Morgan fingerprint density at radius 2 is 2.00 bits per heavy atom. The minimum atomic E-state index is -1.01. The van der Waals surface area contributed by atoms with Gasteiger partial charge in [0, 0.05) is 11.8 Å².